The van der Waals surface area contributed by atoms with Crippen molar-refractivity contribution in [1.29, 1.82) is 0 Å². The summed E-state index contributed by atoms with van der Waals surface area (Å²) in [5.74, 6) is -0.866. The molecule has 0 radical (unpaired) electrons. The van der Waals surface area contributed by atoms with E-state index in [1.54, 1.807) is 43.3 Å². The molecule has 12 heteroatoms. The number of nitrogens with one attached hydrogen (secondary N) is 3. The van der Waals surface area contributed by atoms with Gasteiger partial charge in [0, 0.05) is 30.6 Å². The molecule has 278 valence electrons. The molecule has 0 aliphatic carbocycles. The van der Waals surface area contributed by atoms with Crippen LogP contribution in [0.3, 0.4) is 0 Å². The van der Waals surface area contributed by atoms with E-state index in [4.69, 9.17) is 9.47 Å². The Hall–Kier alpha value is -4.36. The Balaban J connectivity index is 1.18. The Morgan fingerprint density at radius 1 is 0.788 bits per heavy atom. The molecule has 0 saturated carbocycles. The Morgan fingerprint density at radius 2 is 1.46 bits per heavy atom. The molecule has 10 nitrogen and oxygen atoms in total. The molecule has 0 aliphatic heterocycles. The van der Waals surface area contributed by atoms with Gasteiger partial charge in [0.25, 0.3) is 17.7 Å². The van der Waals surface area contributed by atoms with Crippen LogP contribution < -0.4 is 16.1 Å². The van der Waals surface area contributed by atoms with Gasteiger partial charge in [0.05, 0.1) is 45.7 Å². The fourth-order valence-corrected chi connectivity index (χ4v) is 6.93. The van der Waals surface area contributed by atoms with Crippen molar-refractivity contribution in [2.75, 3.05) is 33.0 Å². The average molecular weight is 747 g/mol. The number of carbonyl (C=O) groups is 3. The van der Waals surface area contributed by atoms with E-state index in [0.29, 0.717) is 53.0 Å². The highest BCUT2D eigenvalue weighted by molar-refractivity contribution is 7.16. The van der Waals surface area contributed by atoms with Gasteiger partial charge in [-0.25, -0.2) is 5.43 Å². The van der Waals surface area contributed by atoms with Crippen molar-refractivity contribution in [3.8, 4) is 16.2 Å². The third-order valence-corrected chi connectivity index (χ3v) is 10.4. The molecule has 2 aromatic carbocycles. The lowest BCUT2D eigenvalue weighted by molar-refractivity contribution is 0.0468. The topological polar surface area (TPSA) is 138 Å². The molecule has 0 bridgehead atoms. The number of rotatable bonds is 19. The molecule has 0 fully saturated rings. The first-order valence-electron chi connectivity index (χ1n) is 17.6. The zero-order chi connectivity index (χ0) is 37.5. The summed E-state index contributed by atoms with van der Waals surface area (Å²) in [6, 6.07) is 18.3. The highest BCUT2D eigenvalue weighted by Gasteiger charge is 2.18. The van der Waals surface area contributed by atoms with Gasteiger partial charge in [-0.15, -0.1) is 22.7 Å². The highest BCUT2D eigenvalue weighted by atomic mass is 32.1. The van der Waals surface area contributed by atoms with Crippen molar-refractivity contribution in [3.05, 3.63) is 98.1 Å². The third-order valence-electron chi connectivity index (χ3n) is 8.26. The fraction of sp³-hybridized carbons (Fsp3) is 0.400. The van der Waals surface area contributed by atoms with E-state index >= 15 is 0 Å². The maximum Gasteiger partial charge on any atom is 0.281 e. The summed E-state index contributed by atoms with van der Waals surface area (Å²) in [6.45, 7) is 13.2. The zero-order valence-electron chi connectivity index (χ0n) is 30.7. The van der Waals surface area contributed by atoms with Gasteiger partial charge >= 0.3 is 0 Å². The van der Waals surface area contributed by atoms with Crippen LogP contribution in [0.2, 0.25) is 0 Å². The summed E-state index contributed by atoms with van der Waals surface area (Å²) in [4.78, 5) is 39.6. The minimum atomic E-state index is -0.460. The lowest BCUT2D eigenvalue weighted by Gasteiger charge is -2.19. The molecule has 0 spiro atoms. The molecule has 4 N–H and O–H groups in total. The number of amides is 3. The third kappa shape index (κ3) is 12.1. The van der Waals surface area contributed by atoms with E-state index in [2.05, 4.69) is 61.0 Å². The second-order valence-electron chi connectivity index (χ2n) is 13.4. The number of hydrogen-bond acceptors (Lipinski definition) is 9. The van der Waals surface area contributed by atoms with E-state index in [-0.39, 0.29) is 29.5 Å². The Morgan fingerprint density at radius 3 is 2.13 bits per heavy atom. The van der Waals surface area contributed by atoms with E-state index < -0.39 is 5.91 Å². The molecule has 2 aromatic heterocycles. The molecule has 0 aliphatic rings. The van der Waals surface area contributed by atoms with Crippen molar-refractivity contribution in [3.63, 3.8) is 0 Å². The Labute approximate surface area is 314 Å². The molecule has 4 aromatic rings. The van der Waals surface area contributed by atoms with Crippen LogP contribution in [0, 0.1) is 0 Å². The number of nitrogens with zero attached hydrogens (tertiary/aromatic N) is 1. The van der Waals surface area contributed by atoms with Gasteiger partial charge in [-0.05, 0) is 59.7 Å². The molecule has 4 rings (SSSR count). The zero-order valence-corrected chi connectivity index (χ0v) is 32.3. The summed E-state index contributed by atoms with van der Waals surface area (Å²) >= 11 is 2.46. The maximum atomic E-state index is 12.8. The number of thiophene rings is 2. The molecule has 3 amide bonds. The number of carbonyl (C=O) groups excluding carboxylic acids is 3. The SMILES string of the molecule is CCCCCCOCCOCCNC(=O)c1ccc(CNC(=O)c2ccc(C(=O)N/N=C(\C)c3csc(-c4ccc(C(C)(C)C)cc4)c3O)s2)cc1. The Bertz CT molecular complexity index is 1790. The van der Waals surface area contributed by atoms with E-state index in [9.17, 15) is 19.5 Å². The van der Waals surface area contributed by atoms with Gasteiger partial charge in [-0.3, -0.25) is 14.4 Å². The highest BCUT2D eigenvalue weighted by Crippen LogP contribution is 2.39. The van der Waals surface area contributed by atoms with Crippen molar-refractivity contribution in [1.82, 2.24) is 16.1 Å². The number of hydrazone groups is 1. The molecule has 2 heterocycles. The molecule has 0 unspecified atom stereocenters. The van der Waals surface area contributed by atoms with Crippen LogP contribution in [0.4, 0.5) is 0 Å². The van der Waals surface area contributed by atoms with E-state index in [1.807, 2.05) is 17.5 Å². The van der Waals surface area contributed by atoms with Gasteiger partial charge in [0.1, 0.15) is 5.75 Å². The lowest BCUT2D eigenvalue weighted by Crippen LogP contribution is -2.27. The number of ether oxygens (including phenoxy) is 2. The van der Waals surface area contributed by atoms with Crippen molar-refractivity contribution in [2.45, 2.75) is 72.3 Å². The monoisotopic (exact) mass is 746 g/mol. The van der Waals surface area contributed by atoms with Crippen molar-refractivity contribution < 1.29 is 29.0 Å². The van der Waals surface area contributed by atoms with Crippen molar-refractivity contribution in [2.24, 2.45) is 5.10 Å². The predicted octanol–water partition coefficient (Wildman–Crippen LogP) is 7.91. The maximum absolute atomic E-state index is 12.8. The van der Waals surface area contributed by atoms with Gasteiger partial charge in [-0.2, -0.15) is 5.10 Å². The van der Waals surface area contributed by atoms with Crippen LogP contribution in [0.15, 0.2) is 71.1 Å². The summed E-state index contributed by atoms with van der Waals surface area (Å²) in [5, 5.41) is 22.7. The number of benzene rings is 2. The first-order chi connectivity index (χ1) is 25.0. The van der Waals surface area contributed by atoms with Gasteiger partial charge in [0.15, 0.2) is 0 Å². The largest absolute Gasteiger partial charge is 0.506 e. The average Bonchev–Trinajstić information content (AvgIpc) is 3.79. The van der Waals surface area contributed by atoms with Crippen molar-refractivity contribution >= 4 is 46.1 Å². The van der Waals surface area contributed by atoms with Crippen LogP contribution >= 0.6 is 22.7 Å². The minimum Gasteiger partial charge on any atom is -0.506 e. The van der Waals surface area contributed by atoms with Crippen LogP contribution in [0.5, 0.6) is 5.75 Å². The second kappa shape index (κ2) is 20.0. The Kier molecular flexibility index (Phi) is 15.6. The lowest BCUT2D eigenvalue weighted by atomic mass is 9.86. The first kappa shape index (κ1) is 40.4. The normalized spacial score (nSPS) is 11.8. The molecular formula is C40H50N4O6S2. The summed E-state index contributed by atoms with van der Waals surface area (Å²) in [6.07, 6.45) is 4.70. The molecular weight excluding hydrogens is 697 g/mol. The van der Waals surface area contributed by atoms with Gasteiger partial charge in [0.2, 0.25) is 0 Å². The number of hydrogen-bond donors (Lipinski definition) is 4. The van der Waals surface area contributed by atoms with Crippen LogP contribution in [0.1, 0.15) is 107 Å². The minimum absolute atomic E-state index is 0.0325. The van der Waals surface area contributed by atoms with Gasteiger partial charge in [-0.1, -0.05) is 83.4 Å². The molecule has 0 saturated heterocycles. The second-order valence-corrected chi connectivity index (χ2v) is 15.3. The number of aromatic hydroxyl groups is 1. The van der Waals surface area contributed by atoms with Crippen LogP contribution in [0.25, 0.3) is 10.4 Å². The molecule has 52 heavy (non-hydrogen) atoms. The van der Waals surface area contributed by atoms with Gasteiger partial charge < -0.3 is 25.2 Å². The first-order valence-corrected chi connectivity index (χ1v) is 19.3. The molecule has 0 atom stereocenters. The van der Waals surface area contributed by atoms with Crippen LogP contribution in [-0.2, 0) is 21.4 Å². The smallest absolute Gasteiger partial charge is 0.281 e. The quantitative estimate of drug-likeness (QED) is 0.0437. The number of unbranched alkanes of at least 4 members (excludes halogenated alkanes) is 3. The predicted molar refractivity (Wildman–Crippen MR) is 210 cm³/mol. The summed E-state index contributed by atoms with van der Waals surface area (Å²) < 4.78 is 11.1. The summed E-state index contributed by atoms with van der Waals surface area (Å²) in [7, 11) is 0. The summed E-state index contributed by atoms with van der Waals surface area (Å²) in [5.41, 5.74) is 7.01. The van der Waals surface area contributed by atoms with E-state index in [1.165, 1.54) is 36.2 Å². The van der Waals surface area contributed by atoms with E-state index in [0.717, 1.165) is 40.4 Å². The standard InChI is InChI=1S/C40H50N4O6S2/c1-6-7-8-9-21-49-23-24-50-22-20-41-37(46)30-12-10-28(11-13-30)25-42-38(47)33-18-19-34(52-33)39(48)44-43-27(2)32-26-51-36(35(32)45)29-14-16-31(17-15-29)40(3,4)5/h10-19,26,45H,6-9,20-25H2,1-5H3,(H,41,46)(H,42,47)(H,44,48)/b43-27+. The van der Waals surface area contributed by atoms with Crippen LogP contribution in [-0.4, -0.2) is 61.5 Å². The fourth-order valence-electron chi connectivity index (χ4n) is 5.10.